The van der Waals surface area contributed by atoms with E-state index in [1.54, 1.807) is 22.1 Å². The van der Waals surface area contributed by atoms with Crippen LogP contribution in [0.2, 0.25) is 0 Å². The highest BCUT2D eigenvalue weighted by atomic mass is 33.1. The zero-order valence-electron chi connectivity index (χ0n) is 20.1. The van der Waals surface area contributed by atoms with Crippen molar-refractivity contribution in [3.63, 3.8) is 0 Å². The number of hydrogen-bond acceptors (Lipinski definition) is 5. The lowest BCUT2D eigenvalue weighted by atomic mass is 10.0. The number of nitrogens with zero attached hydrogens (tertiary/aromatic N) is 1. The summed E-state index contributed by atoms with van der Waals surface area (Å²) in [5.41, 5.74) is 0. The van der Waals surface area contributed by atoms with Gasteiger partial charge in [0.25, 0.3) is 0 Å². The molecule has 182 valence electrons. The number of rotatable bonds is 24. The number of H-pyrrole nitrogens is 1. The SMILES string of the molecule is CCCCCCCCCCCCCCCCCCCCCCCSSc1n[nH]c(=S)s1. The fourth-order valence-corrected chi connectivity index (χ4v) is 7.45. The van der Waals surface area contributed by atoms with Crippen molar-refractivity contribution in [1.82, 2.24) is 10.2 Å². The first-order chi connectivity index (χ1) is 15.3. The van der Waals surface area contributed by atoms with E-state index in [-0.39, 0.29) is 0 Å². The lowest BCUT2D eigenvalue weighted by Gasteiger charge is -2.04. The van der Waals surface area contributed by atoms with Gasteiger partial charge >= 0.3 is 0 Å². The van der Waals surface area contributed by atoms with Crippen LogP contribution >= 0.6 is 45.1 Å². The van der Waals surface area contributed by atoms with Crippen LogP contribution in [-0.4, -0.2) is 16.0 Å². The van der Waals surface area contributed by atoms with E-state index in [0.29, 0.717) is 0 Å². The lowest BCUT2D eigenvalue weighted by Crippen LogP contribution is -1.84. The number of unbranched alkanes of at least 4 members (excludes halogenated alkanes) is 20. The summed E-state index contributed by atoms with van der Waals surface area (Å²) in [7, 11) is 3.67. The van der Waals surface area contributed by atoms with E-state index in [0.717, 1.165) is 8.29 Å². The molecule has 1 rings (SSSR count). The fraction of sp³-hybridized carbons (Fsp3) is 0.920. The molecule has 0 saturated carbocycles. The molecule has 1 heterocycles. The Bertz CT molecular complexity index is 530. The van der Waals surface area contributed by atoms with Gasteiger partial charge in [-0.25, -0.2) is 0 Å². The molecule has 0 atom stereocenters. The van der Waals surface area contributed by atoms with Gasteiger partial charge in [-0.2, -0.15) is 5.10 Å². The van der Waals surface area contributed by atoms with Crippen molar-refractivity contribution in [3.05, 3.63) is 3.95 Å². The first-order valence-electron chi connectivity index (χ1n) is 13.2. The van der Waals surface area contributed by atoms with Crippen molar-refractivity contribution in [3.8, 4) is 0 Å². The smallest absolute Gasteiger partial charge is 0.183 e. The Kier molecular flexibility index (Phi) is 22.5. The largest absolute Gasteiger partial charge is 0.257 e. The molecule has 0 saturated heterocycles. The maximum Gasteiger partial charge on any atom is 0.183 e. The van der Waals surface area contributed by atoms with Crippen LogP contribution in [0.5, 0.6) is 0 Å². The molecular formula is C25H48N2S4. The molecule has 0 spiro atoms. The van der Waals surface area contributed by atoms with Gasteiger partial charge in [-0.15, -0.1) is 0 Å². The summed E-state index contributed by atoms with van der Waals surface area (Å²) in [5, 5.41) is 7.01. The molecule has 0 aromatic carbocycles. The minimum Gasteiger partial charge on any atom is -0.257 e. The highest BCUT2D eigenvalue weighted by Gasteiger charge is 1.99. The average molecular weight is 505 g/mol. The van der Waals surface area contributed by atoms with E-state index >= 15 is 0 Å². The fourth-order valence-electron chi connectivity index (χ4n) is 3.94. The number of aromatic nitrogens is 2. The van der Waals surface area contributed by atoms with Crippen molar-refractivity contribution >= 4 is 45.1 Å². The van der Waals surface area contributed by atoms with Gasteiger partial charge in [-0.1, -0.05) is 157 Å². The van der Waals surface area contributed by atoms with Crippen LogP contribution in [0.4, 0.5) is 0 Å². The number of nitrogens with one attached hydrogen (secondary N) is 1. The Morgan fingerprint density at radius 3 is 1.39 bits per heavy atom. The minimum absolute atomic E-state index is 0.775. The second-order valence-electron chi connectivity index (χ2n) is 8.86. The molecule has 0 fully saturated rings. The predicted molar refractivity (Wildman–Crippen MR) is 148 cm³/mol. The average Bonchev–Trinajstić information content (AvgIpc) is 3.19. The van der Waals surface area contributed by atoms with Gasteiger partial charge in [0, 0.05) is 5.75 Å². The van der Waals surface area contributed by atoms with Crippen molar-refractivity contribution < 1.29 is 0 Å². The Morgan fingerprint density at radius 1 is 0.645 bits per heavy atom. The zero-order chi connectivity index (χ0) is 22.2. The zero-order valence-corrected chi connectivity index (χ0v) is 23.4. The topological polar surface area (TPSA) is 28.7 Å². The van der Waals surface area contributed by atoms with E-state index in [2.05, 4.69) is 17.1 Å². The van der Waals surface area contributed by atoms with Crippen molar-refractivity contribution in [2.45, 2.75) is 146 Å². The predicted octanol–water partition coefficient (Wildman–Crippen LogP) is 11.2. The third-order valence-electron chi connectivity index (χ3n) is 5.88. The molecule has 6 heteroatoms. The van der Waals surface area contributed by atoms with E-state index in [1.807, 2.05) is 10.8 Å². The molecule has 1 aromatic heterocycles. The minimum atomic E-state index is 0.775. The van der Waals surface area contributed by atoms with Gasteiger partial charge in [-0.05, 0) is 29.4 Å². The van der Waals surface area contributed by atoms with Crippen LogP contribution in [0.15, 0.2) is 4.34 Å². The molecule has 0 bridgehead atoms. The maximum absolute atomic E-state index is 5.05. The van der Waals surface area contributed by atoms with Gasteiger partial charge in [0.2, 0.25) is 0 Å². The molecule has 1 N–H and O–H groups in total. The molecule has 0 radical (unpaired) electrons. The highest BCUT2D eigenvalue weighted by molar-refractivity contribution is 8.77. The molecule has 31 heavy (non-hydrogen) atoms. The summed E-state index contributed by atoms with van der Waals surface area (Å²) in [6.07, 6.45) is 30.4. The van der Waals surface area contributed by atoms with Gasteiger partial charge < -0.3 is 0 Å². The second-order valence-corrected chi connectivity index (χ2v) is 13.2. The lowest BCUT2D eigenvalue weighted by molar-refractivity contribution is 0.521. The Labute approximate surface area is 210 Å². The molecule has 2 nitrogen and oxygen atoms in total. The van der Waals surface area contributed by atoms with Crippen molar-refractivity contribution in [2.75, 3.05) is 5.75 Å². The van der Waals surface area contributed by atoms with Gasteiger partial charge in [0.15, 0.2) is 8.29 Å². The van der Waals surface area contributed by atoms with Gasteiger partial charge in [0.05, 0.1) is 0 Å². The van der Waals surface area contributed by atoms with Crippen LogP contribution in [0.3, 0.4) is 0 Å². The summed E-state index contributed by atoms with van der Waals surface area (Å²) >= 11 is 6.62. The summed E-state index contributed by atoms with van der Waals surface area (Å²) in [4.78, 5) is 0. The van der Waals surface area contributed by atoms with Crippen LogP contribution in [-0.2, 0) is 0 Å². The van der Waals surface area contributed by atoms with E-state index in [4.69, 9.17) is 12.2 Å². The normalized spacial score (nSPS) is 11.4. The summed E-state index contributed by atoms with van der Waals surface area (Å²) in [6.45, 7) is 2.30. The molecule has 0 unspecified atom stereocenters. The highest BCUT2D eigenvalue weighted by Crippen LogP contribution is 2.32. The van der Waals surface area contributed by atoms with Crippen LogP contribution in [0, 0.1) is 3.95 Å². The van der Waals surface area contributed by atoms with Crippen LogP contribution in [0.1, 0.15) is 142 Å². The third kappa shape index (κ3) is 20.8. The molecule has 0 amide bonds. The summed E-state index contributed by atoms with van der Waals surface area (Å²) in [6, 6.07) is 0. The summed E-state index contributed by atoms with van der Waals surface area (Å²) < 4.78 is 1.83. The van der Waals surface area contributed by atoms with Crippen LogP contribution in [0.25, 0.3) is 0 Å². The molecule has 1 aromatic rings. The van der Waals surface area contributed by atoms with Gasteiger partial charge in [0.1, 0.15) is 0 Å². The van der Waals surface area contributed by atoms with E-state index in [9.17, 15) is 0 Å². The van der Waals surface area contributed by atoms with E-state index < -0.39 is 0 Å². The number of hydrogen-bond donors (Lipinski definition) is 1. The monoisotopic (exact) mass is 504 g/mol. The first-order valence-corrected chi connectivity index (χ1v) is 16.7. The third-order valence-corrected chi connectivity index (χ3v) is 9.71. The standard InChI is InChI=1S/C25H48N2S4/c1-2-3-4-5-6-7-8-9-10-11-12-13-14-15-16-17-18-19-20-21-22-23-29-31-25-27-26-24(28)30-25/h2-23H2,1H3,(H,26,28). The molecule has 0 aliphatic carbocycles. The Hall–Kier alpha value is 0.480. The Morgan fingerprint density at radius 2 is 1.03 bits per heavy atom. The van der Waals surface area contributed by atoms with Gasteiger partial charge in [-0.3, -0.25) is 5.10 Å². The van der Waals surface area contributed by atoms with Crippen LogP contribution < -0.4 is 0 Å². The second kappa shape index (κ2) is 23.6. The quantitative estimate of drug-likeness (QED) is 0.0860. The van der Waals surface area contributed by atoms with Crippen molar-refractivity contribution in [2.24, 2.45) is 0 Å². The Balaban J connectivity index is 1.65. The summed E-state index contributed by atoms with van der Waals surface area (Å²) in [5.74, 6) is 1.22. The molecule has 0 aliphatic rings. The first kappa shape index (κ1) is 29.5. The maximum atomic E-state index is 5.05. The molecule has 0 aliphatic heterocycles. The van der Waals surface area contributed by atoms with Crippen molar-refractivity contribution in [1.29, 1.82) is 0 Å². The van der Waals surface area contributed by atoms with E-state index in [1.165, 1.54) is 141 Å². The molecular weight excluding hydrogens is 457 g/mol. The number of aromatic amines is 1.